The average molecular weight is 126 g/mol. The van der Waals surface area contributed by atoms with E-state index in [1.54, 1.807) is 4.90 Å². The van der Waals surface area contributed by atoms with Gasteiger partial charge in [-0.3, -0.25) is 4.79 Å². The van der Waals surface area contributed by atoms with Crippen molar-refractivity contribution in [2.45, 2.75) is 12.8 Å². The molecule has 0 spiro atoms. The molecule has 51 valence electrons. The van der Waals surface area contributed by atoms with Gasteiger partial charge in [0.05, 0.1) is 0 Å². The smallest absolute Gasteiger partial charge is 0.225 e. The topological polar surface area (TPSA) is 20.3 Å². The molecule has 0 aliphatic carbocycles. The van der Waals surface area contributed by atoms with Crippen molar-refractivity contribution in [1.82, 2.24) is 4.90 Å². The maximum atomic E-state index is 11.0. The van der Waals surface area contributed by atoms with Crippen LogP contribution < -0.4 is 0 Å². The highest BCUT2D eigenvalue weighted by molar-refractivity contribution is 5.79. The van der Waals surface area contributed by atoms with Crippen molar-refractivity contribution in [2.75, 3.05) is 13.6 Å². The zero-order valence-corrected chi connectivity index (χ0v) is 5.76. The van der Waals surface area contributed by atoms with Crippen LogP contribution in [0.4, 0.5) is 0 Å². The zero-order valence-electron chi connectivity index (χ0n) is 5.76. The second kappa shape index (κ2) is 2.38. The lowest BCUT2D eigenvalue weighted by molar-refractivity contribution is -0.135. The minimum atomic E-state index is 0.0174. The SMILES string of the molecule is [CH2]C1CCCN(C)C1=O. The molecule has 1 aliphatic heterocycles. The number of piperidine rings is 1. The summed E-state index contributed by atoms with van der Waals surface area (Å²) in [7, 11) is 1.83. The Morgan fingerprint density at radius 1 is 1.78 bits per heavy atom. The van der Waals surface area contributed by atoms with Gasteiger partial charge >= 0.3 is 0 Å². The summed E-state index contributed by atoms with van der Waals surface area (Å²) in [5.74, 6) is 0.213. The maximum absolute atomic E-state index is 11.0. The van der Waals surface area contributed by atoms with E-state index in [0.717, 1.165) is 19.4 Å². The van der Waals surface area contributed by atoms with Crippen molar-refractivity contribution in [3.8, 4) is 0 Å². The van der Waals surface area contributed by atoms with Crippen LogP contribution in [-0.2, 0) is 4.79 Å². The molecule has 0 N–H and O–H groups in total. The summed E-state index contributed by atoms with van der Waals surface area (Å²) in [4.78, 5) is 12.7. The molecule has 1 radical (unpaired) electrons. The van der Waals surface area contributed by atoms with Crippen LogP contribution in [0.15, 0.2) is 0 Å². The first-order valence-corrected chi connectivity index (χ1v) is 3.30. The molecule has 0 saturated carbocycles. The molecule has 1 atom stereocenters. The predicted molar refractivity (Wildman–Crippen MR) is 35.7 cm³/mol. The van der Waals surface area contributed by atoms with E-state index < -0.39 is 0 Å². The fourth-order valence-electron chi connectivity index (χ4n) is 1.12. The normalized spacial score (nSPS) is 28.9. The molecular formula is C7H12NO. The number of hydrogen-bond acceptors (Lipinski definition) is 1. The van der Waals surface area contributed by atoms with Crippen molar-refractivity contribution in [2.24, 2.45) is 5.92 Å². The first-order valence-electron chi connectivity index (χ1n) is 3.30. The quantitative estimate of drug-likeness (QED) is 0.467. The predicted octanol–water partition coefficient (Wildman–Crippen LogP) is 0.689. The van der Waals surface area contributed by atoms with Crippen LogP contribution in [0.3, 0.4) is 0 Å². The van der Waals surface area contributed by atoms with Crippen LogP contribution in [0.1, 0.15) is 12.8 Å². The van der Waals surface area contributed by atoms with E-state index in [2.05, 4.69) is 6.92 Å². The fourth-order valence-corrected chi connectivity index (χ4v) is 1.12. The third-order valence-electron chi connectivity index (χ3n) is 1.77. The fraction of sp³-hybridized carbons (Fsp3) is 0.714. The molecular weight excluding hydrogens is 114 g/mol. The third-order valence-corrected chi connectivity index (χ3v) is 1.77. The highest BCUT2D eigenvalue weighted by atomic mass is 16.2. The molecule has 2 heteroatoms. The first-order chi connectivity index (χ1) is 4.22. The Bertz CT molecular complexity index is 110. The summed E-state index contributed by atoms with van der Waals surface area (Å²) in [6.07, 6.45) is 2.07. The molecule has 1 fully saturated rings. The summed E-state index contributed by atoms with van der Waals surface area (Å²) in [5, 5.41) is 0. The minimum absolute atomic E-state index is 0.0174. The summed E-state index contributed by atoms with van der Waals surface area (Å²) >= 11 is 0. The molecule has 1 heterocycles. The van der Waals surface area contributed by atoms with Crippen LogP contribution in [0.5, 0.6) is 0 Å². The standard InChI is InChI=1S/C7H12NO/c1-6-4-3-5-8(2)7(6)9/h6H,1,3-5H2,2H3. The van der Waals surface area contributed by atoms with Crippen LogP contribution >= 0.6 is 0 Å². The Morgan fingerprint density at radius 2 is 2.44 bits per heavy atom. The van der Waals surface area contributed by atoms with Gasteiger partial charge in [-0.1, -0.05) is 0 Å². The van der Waals surface area contributed by atoms with E-state index in [9.17, 15) is 4.79 Å². The van der Waals surface area contributed by atoms with E-state index in [-0.39, 0.29) is 11.8 Å². The molecule has 0 bridgehead atoms. The Kier molecular flexibility index (Phi) is 1.74. The van der Waals surface area contributed by atoms with E-state index in [4.69, 9.17) is 0 Å². The van der Waals surface area contributed by atoms with Crippen molar-refractivity contribution in [1.29, 1.82) is 0 Å². The highest BCUT2D eigenvalue weighted by Gasteiger charge is 2.21. The molecule has 1 unspecified atom stereocenters. The molecule has 2 nitrogen and oxygen atoms in total. The van der Waals surface area contributed by atoms with Crippen molar-refractivity contribution >= 4 is 5.91 Å². The lowest BCUT2D eigenvalue weighted by atomic mass is 10.0. The first kappa shape index (κ1) is 6.59. The van der Waals surface area contributed by atoms with Gasteiger partial charge in [0.25, 0.3) is 0 Å². The number of rotatable bonds is 0. The summed E-state index contributed by atoms with van der Waals surface area (Å²) in [6.45, 7) is 4.65. The Labute approximate surface area is 55.8 Å². The highest BCUT2D eigenvalue weighted by Crippen LogP contribution is 2.14. The third kappa shape index (κ3) is 1.23. The molecule has 1 amide bonds. The van der Waals surface area contributed by atoms with Crippen LogP contribution in [-0.4, -0.2) is 24.4 Å². The van der Waals surface area contributed by atoms with Gasteiger partial charge in [0.1, 0.15) is 0 Å². The second-order valence-corrected chi connectivity index (χ2v) is 2.60. The molecule has 9 heavy (non-hydrogen) atoms. The largest absolute Gasteiger partial charge is 0.346 e. The van der Waals surface area contributed by atoms with Crippen LogP contribution in [0.25, 0.3) is 0 Å². The minimum Gasteiger partial charge on any atom is -0.346 e. The van der Waals surface area contributed by atoms with Crippen molar-refractivity contribution in [3.05, 3.63) is 6.92 Å². The van der Waals surface area contributed by atoms with Crippen molar-refractivity contribution in [3.63, 3.8) is 0 Å². The van der Waals surface area contributed by atoms with E-state index in [1.165, 1.54) is 0 Å². The number of nitrogens with zero attached hydrogens (tertiary/aromatic N) is 1. The van der Waals surface area contributed by atoms with Gasteiger partial charge in [-0.15, -0.1) is 0 Å². The molecule has 1 rings (SSSR count). The van der Waals surface area contributed by atoms with Gasteiger partial charge in [-0.25, -0.2) is 0 Å². The van der Waals surface area contributed by atoms with Gasteiger partial charge in [-0.2, -0.15) is 0 Å². The molecule has 0 aromatic heterocycles. The van der Waals surface area contributed by atoms with E-state index >= 15 is 0 Å². The maximum Gasteiger partial charge on any atom is 0.225 e. The Morgan fingerprint density at radius 3 is 2.89 bits per heavy atom. The summed E-state index contributed by atoms with van der Waals surface area (Å²) in [6, 6.07) is 0. The summed E-state index contributed by atoms with van der Waals surface area (Å²) in [5.41, 5.74) is 0. The van der Waals surface area contributed by atoms with Crippen LogP contribution in [0, 0.1) is 12.8 Å². The van der Waals surface area contributed by atoms with Gasteiger partial charge in [0.15, 0.2) is 0 Å². The molecule has 0 aromatic rings. The van der Waals surface area contributed by atoms with Gasteiger partial charge in [0.2, 0.25) is 5.91 Å². The van der Waals surface area contributed by atoms with Crippen molar-refractivity contribution < 1.29 is 4.79 Å². The zero-order chi connectivity index (χ0) is 6.85. The monoisotopic (exact) mass is 126 g/mol. The molecule has 1 aliphatic rings. The van der Waals surface area contributed by atoms with E-state index in [1.807, 2.05) is 7.05 Å². The van der Waals surface area contributed by atoms with Crippen LogP contribution in [0.2, 0.25) is 0 Å². The van der Waals surface area contributed by atoms with Gasteiger partial charge in [0, 0.05) is 19.5 Å². The van der Waals surface area contributed by atoms with E-state index in [0.29, 0.717) is 0 Å². The lowest BCUT2D eigenvalue weighted by Gasteiger charge is -2.26. The second-order valence-electron chi connectivity index (χ2n) is 2.60. The number of likely N-dealkylation sites (tertiary alicyclic amines) is 1. The Hall–Kier alpha value is -0.530. The van der Waals surface area contributed by atoms with Gasteiger partial charge in [-0.05, 0) is 19.8 Å². The van der Waals surface area contributed by atoms with Gasteiger partial charge < -0.3 is 4.90 Å². The average Bonchev–Trinajstić information content (AvgIpc) is 1.83. The number of amides is 1. The lowest BCUT2D eigenvalue weighted by Crippen LogP contribution is -2.36. The molecule has 1 saturated heterocycles. The number of carbonyl (C=O) groups is 1. The summed E-state index contributed by atoms with van der Waals surface area (Å²) < 4.78 is 0. The molecule has 0 aromatic carbocycles. The number of carbonyl (C=O) groups excluding carboxylic acids is 1. The Balaban J connectivity index is 2.52. The number of hydrogen-bond donors (Lipinski definition) is 0.